The summed E-state index contributed by atoms with van der Waals surface area (Å²) in [6.45, 7) is 3.93. The van der Waals surface area contributed by atoms with Crippen molar-refractivity contribution in [2.75, 3.05) is 26.4 Å². The van der Waals surface area contributed by atoms with E-state index in [0.29, 0.717) is 6.61 Å². The van der Waals surface area contributed by atoms with Gasteiger partial charge < -0.3 is 25.2 Å². The molecule has 0 aromatic carbocycles. The number of hydrogen-bond acceptors (Lipinski definition) is 8. The summed E-state index contributed by atoms with van der Waals surface area (Å²) in [4.78, 5) is 33.6. The van der Waals surface area contributed by atoms with Gasteiger partial charge >= 0.3 is 19.8 Å². The van der Waals surface area contributed by atoms with Crippen molar-refractivity contribution < 1.29 is 42.7 Å². The lowest BCUT2D eigenvalue weighted by molar-refractivity contribution is -0.154. The van der Waals surface area contributed by atoms with Gasteiger partial charge in [0, 0.05) is 13.0 Å². The second-order valence-electron chi connectivity index (χ2n) is 17.0. The highest BCUT2D eigenvalue weighted by molar-refractivity contribution is 7.47. The zero-order valence-corrected chi connectivity index (χ0v) is 39.3. The highest BCUT2D eigenvalue weighted by atomic mass is 31.2. The van der Waals surface area contributed by atoms with Crippen LogP contribution in [0.25, 0.3) is 0 Å². The lowest BCUT2D eigenvalue weighted by Crippen LogP contribution is -2.34. The highest BCUT2D eigenvalue weighted by Gasteiger charge is 2.27. The molecule has 10 nitrogen and oxygen atoms in total. The predicted octanol–water partition coefficient (Wildman–Crippen LogP) is 14.1. The van der Waals surface area contributed by atoms with Crippen molar-refractivity contribution in [2.45, 2.75) is 257 Å². The second-order valence-corrected chi connectivity index (χ2v) is 18.4. The largest absolute Gasteiger partial charge is 0.480 e. The van der Waals surface area contributed by atoms with Gasteiger partial charge in [0.1, 0.15) is 12.1 Å². The number of carbonyl (C=O) groups excluding carboxylic acids is 1. The molecule has 3 atom stereocenters. The molecule has 350 valence electrons. The lowest BCUT2D eigenvalue weighted by Gasteiger charge is -2.20. The van der Waals surface area contributed by atoms with E-state index in [9.17, 15) is 19.0 Å². The maximum atomic E-state index is 12.7. The van der Waals surface area contributed by atoms with E-state index in [-0.39, 0.29) is 13.0 Å². The molecule has 0 saturated carbocycles. The van der Waals surface area contributed by atoms with Crippen molar-refractivity contribution in [3.63, 3.8) is 0 Å². The molecule has 11 heteroatoms. The Balaban J connectivity index is 4.10. The fourth-order valence-electron chi connectivity index (χ4n) is 7.19. The Morgan fingerprint density at radius 3 is 1.29 bits per heavy atom. The Bertz CT molecular complexity index is 998. The first kappa shape index (κ1) is 57.7. The van der Waals surface area contributed by atoms with Gasteiger partial charge in [-0.25, -0.2) is 4.57 Å². The third kappa shape index (κ3) is 44.6. The summed E-state index contributed by atoms with van der Waals surface area (Å²) >= 11 is 0. The maximum Gasteiger partial charge on any atom is 0.472 e. The van der Waals surface area contributed by atoms with Crippen molar-refractivity contribution in [2.24, 2.45) is 5.73 Å². The van der Waals surface area contributed by atoms with E-state index in [0.717, 1.165) is 38.5 Å². The first-order chi connectivity index (χ1) is 28.7. The first-order valence-electron chi connectivity index (χ1n) is 24.7. The quantitative estimate of drug-likeness (QED) is 0.0233. The number of phosphoric ester groups is 1. The number of carbonyl (C=O) groups is 2. The highest BCUT2D eigenvalue weighted by Crippen LogP contribution is 2.43. The predicted molar refractivity (Wildman–Crippen MR) is 245 cm³/mol. The van der Waals surface area contributed by atoms with Gasteiger partial charge in [0.2, 0.25) is 0 Å². The van der Waals surface area contributed by atoms with Crippen molar-refractivity contribution in [3.8, 4) is 0 Å². The van der Waals surface area contributed by atoms with E-state index in [4.69, 9.17) is 29.4 Å². The second kappa shape index (κ2) is 44.8. The summed E-state index contributed by atoms with van der Waals surface area (Å²) in [5.41, 5.74) is 5.37. The third-order valence-electron chi connectivity index (χ3n) is 11.0. The number of phosphoric acid groups is 1. The zero-order chi connectivity index (χ0) is 43.3. The molecule has 0 spiro atoms. The summed E-state index contributed by atoms with van der Waals surface area (Å²) in [5.74, 6) is -1.77. The monoisotopic (exact) mass is 860 g/mol. The van der Waals surface area contributed by atoms with Gasteiger partial charge in [-0.1, -0.05) is 212 Å². The van der Waals surface area contributed by atoms with E-state index in [1.807, 2.05) is 0 Å². The average molecular weight is 860 g/mol. The minimum atomic E-state index is -4.61. The van der Waals surface area contributed by atoms with Crippen molar-refractivity contribution in [1.82, 2.24) is 0 Å². The Morgan fingerprint density at radius 1 is 0.525 bits per heavy atom. The molecule has 3 unspecified atom stereocenters. The van der Waals surface area contributed by atoms with Gasteiger partial charge in [0.15, 0.2) is 0 Å². The molecular weight excluding hydrogens is 765 g/mol. The number of allylic oxidation sites excluding steroid dienone is 2. The molecule has 0 aliphatic heterocycles. The van der Waals surface area contributed by atoms with E-state index in [2.05, 4.69) is 26.0 Å². The molecule has 0 bridgehead atoms. The Labute approximate surface area is 362 Å². The van der Waals surface area contributed by atoms with Crippen LogP contribution in [0.3, 0.4) is 0 Å². The van der Waals surface area contributed by atoms with Crippen LogP contribution >= 0.6 is 7.82 Å². The minimum Gasteiger partial charge on any atom is -0.480 e. The number of aliphatic carboxylic acids is 1. The summed E-state index contributed by atoms with van der Waals surface area (Å²) in [5, 5.41) is 8.91. The molecule has 0 amide bonds. The zero-order valence-electron chi connectivity index (χ0n) is 38.4. The van der Waals surface area contributed by atoms with Gasteiger partial charge in [-0.15, -0.1) is 0 Å². The van der Waals surface area contributed by atoms with Gasteiger partial charge in [-0.2, -0.15) is 0 Å². The first-order valence-corrected chi connectivity index (χ1v) is 26.2. The van der Waals surface area contributed by atoms with Crippen molar-refractivity contribution in [1.29, 1.82) is 0 Å². The standard InChI is InChI=1S/C48H94NO9P/c1-3-5-7-9-11-13-15-17-19-20-21-22-23-24-25-27-29-31-33-35-37-39-41-55-42-45(43-56-59(53,54)57-44-46(49)48(51)52)58-47(50)40-38-36-34-32-30-28-26-18-16-14-12-10-8-6-4-2/h20-21,45-46H,3-19,22-44,49H2,1-2H3,(H,51,52)(H,53,54)/b21-20-. The lowest BCUT2D eigenvalue weighted by atomic mass is 10.0. The van der Waals surface area contributed by atoms with Crippen LogP contribution in [0.4, 0.5) is 0 Å². The van der Waals surface area contributed by atoms with Crippen LogP contribution in [0.15, 0.2) is 12.2 Å². The van der Waals surface area contributed by atoms with Crippen LogP contribution in [-0.4, -0.2) is 60.5 Å². The maximum absolute atomic E-state index is 12.7. The molecule has 0 radical (unpaired) electrons. The Morgan fingerprint density at radius 2 is 0.881 bits per heavy atom. The molecule has 59 heavy (non-hydrogen) atoms. The molecule has 4 N–H and O–H groups in total. The van der Waals surface area contributed by atoms with E-state index < -0.39 is 45.1 Å². The van der Waals surface area contributed by atoms with Crippen LogP contribution in [0, 0.1) is 0 Å². The molecule has 0 aromatic rings. The molecule has 0 aliphatic carbocycles. The number of carboxylic acids is 1. The topological polar surface area (TPSA) is 155 Å². The summed E-state index contributed by atoms with van der Waals surface area (Å²) in [6, 6.07) is -1.47. The van der Waals surface area contributed by atoms with E-state index in [1.165, 1.54) is 186 Å². The Kier molecular flexibility index (Phi) is 43.8. The van der Waals surface area contributed by atoms with E-state index >= 15 is 0 Å². The van der Waals surface area contributed by atoms with Crippen LogP contribution < -0.4 is 5.73 Å². The van der Waals surface area contributed by atoms with Gasteiger partial charge in [0.05, 0.1) is 19.8 Å². The molecule has 0 aliphatic rings. The third-order valence-corrected chi connectivity index (χ3v) is 12.0. The summed E-state index contributed by atoms with van der Waals surface area (Å²) < 4.78 is 33.5. The Hall–Kier alpha value is -1.29. The SMILES string of the molecule is CCCCCCCCCC/C=C\CCCCCCCCCCCCOCC(COP(=O)(O)OCC(N)C(=O)O)OC(=O)CCCCCCCCCCCCCCCCC. The van der Waals surface area contributed by atoms with Gasteiger partial charge in [-0.05, 0) is 38.5 Å². The van der Waals surface area contributed by atoms with Crippen molar-refractivity contribution >= 4 is 19.8 Å². The number of carboxylic acid groups (broad SMARTS) is 1. The average Bonchev–Trinajstić information content (AvgIpc) is 3.21. The molecule has 0 fully saturated rings. The normalized spacial score (nSPS) is 13.8. The molecule has 0 saturated heterocycles. The summed E-state index contributed by atoms with van der Waals surface area (Å²) in [7, 11) is -4.61. The van der Waals surface area contributed by atoms with Gasteiger partial charge in [-0.3, -0.25) is 18.6 Å². The summed E-state index contributed by atoms with van der Waals surface area (Å²) in [6.07, 6.45) is 48.4. The molecular formula is C48H94NO9P. The van der Waals surface area contributed by atoms with E-state index in [1.54, 1.807) is 0 Å². The van der Waals surface area contributed by atoms with Crippen LogP contribution in [0.1, 0.15) is 245 Å². The fraction of sp³-hybridized carbons (Fsp3) is 0.917. The molecule has 0 heterocycles. The van der Waals surface area contributed by atoms with Gasteiger partial charge in [0.25, 0.3) is 0 Å². The minimum absolute atomic E-state index is 0.0221. The smallest absolute Gasteiger partial charge is 0.472 e. The molecule has 0 rings (SSSR count). The number of unbranched alkanes of at least 4 members (excludes halogenated alkanes) is 32. The fourth-order valence-corrected chi connectivity index (χ4v) is 7.97. The van der Waals surface area contributed by atoms with Crippen LogP contribution in [0.2, 0.25) is 0 Å². The number of hydrogen-bond donors (Lipinski definition) is 3. The van der Waals surface area contributed by atoms with Crippen LogP contribution in [-0.2, 0) is 32.7 Å². The number of rotatable bonds is 48. The number of nitrogens with two attached hydrogens (primary N) is 1. The van der Waals surface area contributed by atoms with Crippen LogP contribution in [0.5, 0.6) is 0 Å². The van der Waals surface area contributed by atoms with Crippen molar-refractivity contribution in [3.05, 3.63) is 12.2 Å². The number of ether oxygens (including phenoxy) is 2. The number of esters is 1. The molecule has 0 aromatic heterocycles.